The van der Waals surface area contributed by atoms with E-state index >= 15 is 0 Å². The highest BCUT2D eigenvalue weighted by molar-refractivity contribution is 6.41. The molecule has 174 valence electrons. The molecule has 1 unspecified atom stereocenters. The van der Waals surface area contributed by atoms with Gasteiger partial charge in [0.25, 0.3) is 6.02 Å². The summed E-state index contributed by atoms with van der Waals surface area (Å²) in [5.41, 5.74) is 10.5. The van der Waals surface area contributed by atoms with Crippen LogP contribution in [0.25, 0.3) is 11.1 Å². The van der Waals surface area contributed by atoms with Crippen molar-refractivity contribution in [2.75, 3.05) is 7.11 Å². The van der Waals surface area contributed by atoms with Crippen molar-refractivity contribution in [3.63, 3.8) is 0 Å². The molecule has 0 bridgehead atoms. The van der Waals surface area contributed by atoms with Crippen LogP contribution in [-0.4, -0.2) is 40.3 Å². The molecule has 8 heteroatoms. The maximum Gasteiger partial charge on any atom is 0.282 e. The first-order valence-electron chi connectivity index (χ1n) is 12.0. The number of nitrogens with zero attached hydrogens (tertiary/aromatic N) is 2. The van der Waals surface area contributed by atoms with E-state index in [1.54, 1.807) is 6.07 Å². The van der Waals surface area contributed by atoms with Crippen molar-refractivity contribution in [2.24, 2.45) is 28.0 Å². The van der Waals surface area contributed by atoms with Crippen LogP contribution < -0.4 is 5.73 Å². The second kappa shape index (κ2) is 7.80. The smallest absolute Gasteiger partial charge is 0.282 e. The molecule has 0 aromatic heterocycles. The Balaban J connectivity index is 1.71. The van der Waals surface area contributed by atoms with Gasteiger partial charge in [0.15, 0.2) is 15.7 Å². The summed E-state index contributed by atoms with van der Waals surface area (Å²) >= 11 is 6.34. The number of methoxy groups -OCH3 is 1. The Bertz CT molecular complexity index is 1230. The number of aliphatic imine (C=N–C) groups is 1. The lowest BCUT2D eigenvalue weighted by molar-refractivity contribution is -0.0865. The molecule has 5 atom stereocenters. The second-order valence-electron chi connectivity index (χ2n) is 11.0. The van der Waals surface area contributed by atoms with E-state index in [1.165, 1.54) is 11.1 Å². The molecule has 2 spiro atoms. The van der Waals surface area contributed by atoms with E-state index in [0.29, 0.717) is 22.4 Å². The van der Waals surface area contributed by atoms with E-state index in [9.17, 15) is 5.26 Å². The second-order valence-corrected chi connectivity index (χ2v) is 11.4. The number of benzene rings is 2. The lowest BCUT2D eigenvalue weighted by Gasteiger charge is -2.55. The Kier molecular flexibility index (Phi) is 5.35. The predicted molar refractivity (Wildman–Crippen MR) is 140 cm³/mol. The molecule has 0 amide bonds. The number of hydrogen-bond acceptors (Lipinski definition) is 5. The molecule has 5 nitrogen and oxygen atoms in total. The van der Waals surface area contributed by atoms with Gasteiger partial charge in [0.05, 0.1) is 23.1 Å². The van der Waals surface area contributed by atoms with Crippen LogP contribution in [0.4, 0.5) is 0 Å². The Labute approximate surface area is 208 Å². The standard InChI is InChI=1S/C26H30B2ClN3O2/c1-14-10-24(11-15(2)22(14)33-3)12-18-5-4-17(19-6-16(13-30)7-20(29)8-19)9-21(18)25(24)26(27,28)34-23(31)32-25/h4-9,14-15,22H,10-12,27-28H2,1-3H3,(H2,31,32)/t14-,15+,22+,24+,25?. The van der Waals surface area contributed by atoms with E-state index in [0.717, 1.165) is 30.4 Å². The van der Waals surface area contributed by atoms with Crippen LogP contribution in [0, 0.1) is 28.6 Å². The summed E-state index contributed by atoms with van der Waals surface area (Å²) in [6.07, 6.45) is 3.12. The summed E-state index contributed by atoms with van der Waals surface area (Å²) in [6, 6.07) is 14.5. The number of nitriles is 1. The predicted octanol–water partition coefficient (Wildman–Crippen LogP) is 2.96. The minimum atomic E-state index is -0.605. The van der Waals surface area contributed by atoms with Gasteiger partial charge in [-0.1, -0.05) is 37.6 Å². The van der Waals surface area contributed by atoms with Gasteiger partial charge in [-0.3, -0.25) is 0 Å². The van der Waals surface area contributed by atoms with Gasteiger partial charge < -0.3 is 15.2 Å². The third-order valence-electron chi connectivity index (χ3n) is 8.48. The van der Waals surface area contributed by atoms with Crippen molar-refractivity contribution < 1.29 is 9.47 Å². The molecule has 2 aromatic carbocycles. The first-order chi connectivity index (χ1) is 16.1. The van der Waals surface area contributed by atoms with Crippen molar-refractivity contribution >= 4 is 33.3 Å². The zero-order valence-corrected chi connectivity index (χ0v) is 21.2. The van der Waals surface area contributed by atoms with E-state index in [-0.39, 0.29) is 17.5 Å². The van der Waals surface area contributed by atoms with Crippen LogP contribution in [0.5, 0.6) is 0 Å². The van der Waals surface area contributed by atoms with Gasteiger partial charge in [0, 0.05) is 17.5 Å². The lowest BCUT2D eigenvalue weighted by Crippen LogP contribution is -2.61. The van der Waals surface area contributed by atoms with Crippen LogP contribution in [-0.2, 0) is 21.4 Å². The molecule has 1 aliphatic heterocycles. The molecule has 1 heterocycles. The quantitative estimate of drug-likeness (QED) is 0.680. The van der Waals surface area contributed by atoms with Crippen molar-refractivity contribution in [1.29, 1.82) is 5.26 Å². The van der Waals surface area contributed by atoms with Gasteiger partial charge in [-0.05, 0) is 77.6 Å². The fourth-order valence-corrected chi connectivity index (χ4v) is 7.89. The Morgan fingerprint density at radius 1 is 1.15 bits per heavy atom. The molecular weight excluding hydrogens is 443 g/mol. The van der Waals surface area contributed by atoms with E-state index in [2.05, 4.69) is 53.8 Å². The molecule has 2 aromatic rings. The average molecular weight is 474 g/mol. The molecule has 5 rings (SSSR count). The summed E-state index contributed by atoms with van der Waals surface area (Å²) in [4.78, 5) is 5.15. The summed E-state index contributed by atoms with van der Waals surface area (Å²) < 4.78 is 12.1. The number of nitrogens with two attached hydrogens (primary N) is 1. The Hall–Kier alpha value is -2.42. The van der Waals surface area contributed by atoms with Crippen LogP contribution in [0.2, 0.25) is 5.02 Å². The summed E-state index contributed by atoms with van der Waals surface area (Å²) in [7, 11) is 6.05. The molecule has 0 saturated heterocycles. The van der Waals surface area contributed by atoms with Gasteiger partial charge in [0.2, 0.25) is 0 Å². The SMILES string of the molecule is BC1(B)OC(N)=NC12c1cc(-c3cc(Cl)cc(C#N)c3)ccc1C[C@@]21C[C@@H](C)[C@H](OC)[C@@H](C)C1. The van der Waals surface area contributed by atoms with Crippen molar-refractivity contribution in [3.05, 3.63) is 58.1 Å². The molecule has 2 N–H and O–H groups in total. The normalized spacial score (nSPS) is 33.4. The zero-order valence-electron chi connectivity index (χ0n) is 20.5. The third-order valence-corrected chi connectivity index (χ3v) is 8.70. The molecule has 1 fully saturated rings. The van der Waals surface area contributed by atoms with Gasteiger partial charge in [0.1, 0.15) is 5.54 Å². The van der Waals surface area contributed by atoms with E-state index in [1.807, 2.05) is 19.2 Å². The minimum absolute atomic E-state index is 0.126. The fraction of sp³-hybridized carbons (Fsp3) is 0.462. The van der Waals surface area contributed by atoms with Gasteiger partial charge in [-0.25, -0.2) is 4.99 Å². The molecule has 34 heavy (non-hydrogen) atoms. The van der Waals surface area contributed by atoms with Gasteiger partial charge >= 0.3 is 0 Å². The topological polar surface area (TPSA) is 80.6 Å². The van der Waals surface area contributed by atoms with Crippen LogP contribution >= 0.6 is 11.6 Å². The molecule has 1 saturated carbocycles. The van der Waals surface area contributed by atoms with Crippen molar-refractivity contribution in [1.82, 2.24) is 0 Å². The average Bonchev–Trinajstić information content (AvgIpc) is 3.16. The van der Waals surface area contributed by atoms with Crippen LogP contribution in [0.3, 0.4) is 0 Å². The molecule has 2 aliphatic carbocycles. The van der Waals surface area contributed by atoms with Gasteiger partial charge in [-0.2, -0.15) is 5.26 Å². The maximum absolute atomic E-state index is 9.44. The monoisotopic (exact) mass is 473 g/mol. The Morgan fingerprint density at radius 2 is 1.85 bits per heavy atom. The highest BCUT2D eigenvalue weighted by Crippen LogP contribution is 2.66. The highest BCUT2D eigenvalue weighted by Gasteiger charge is 2.69. The molecular formula is C26H30B2ClN3O2. The Morgan fingerprint density at radius 3 is 2.44 bits per heavy atom. The minimum Gasteiger partial charge on any atom is -0.475 e. The summed E-state index contributed by atoms with van der Waals surface area (Å²) in [5.74, 6) is 0.775. The fourth-order valence-electron chi connectivity index (χ4n) is 7.66. The number of amidine groups is 1. The number of ether oxygens (including phenoxy) is 2. The number of halogens is 1. The lowest BCUT2D eigenvalue weighted by atomic mass is 9.43. The van der Waals surface area contributed by atoms with Gasteiger partial charge in [-0.15, -0.1) is 0 Å². The zero-order chi connectivity index (χ0) is 24.5. The van der Waals surface area contributed by atoms with Crippen molar-refractivity contribution in [3.8, 4) is 17.2 Å². The number of hydrogen-bond donors (Lipinski definition) is 1. The maximum atomic E-state index is 9.44. The first-order valence-corrected chi connectivity index (χ1v) is 12.4. The van der Waals surface area contributed by atoms with Crippen molar-refractivity contribution in [2.45, 2.75) is 50.2 Å². The largest absolute Gasteiger partial charge is 0.475 e. The highest BCUT2D eigenvalue weighted by atomic mass is 35.5. The number of rotatable bonds is 2. The summed E-state index contributed by atoms with van der Waals surface area (Å²) in [6.45, 7) is 4.58. The first kappa shape index (κ1) is 23.3. The van der Waals surface area contributed by atoms with Crippen LogP contribution in [0.15, 0.2) is 41.4 Å². The molecule has 3 aliphatic rings. The van der Waals surface area contributed by atoms with E-state index < -0.39 is 10.9 Å². The summed E-state index contributed by atoms with van der Waals surface area (Å²) in [5, 5.41) is 9.39. The van der Waals surface area contributed by atoms with E-state index in [4.69, 9.17) is 31.8 Å². The molecule has 0 radical (unpaired) electrons. The third kappa shape index (κ3) is 3.15. The number of fused-ring (bicyclic) bond motifs is 3. The van der Waals surface area contributed by atoms with Crippen LogP contribution in [0.1, 0.15) is 43.4 Å².